The number of rotatable bonds is 4. The van der Waals surface area contributed by atoms with Gasteiger partial charge in [-0.25, -0.2) is 0 Å². The van der Waals surface area contributed by atoms with Gasteiger partial charge in [0.2, 0.25) is 11.8 Å². The molecule has 0 fully saturated rings. The molecule has 0 aliphatic carbocycles. The highest BCUT2D eigenvalue weighted by atomic mass is 35.5. The van der Waals surface area contributed by atoms with E-state index < -0.39 is 11.3 Å². The maximum Gasteiger partial charge on any atom is 0.245 e. The number of aryl methyl sites for hydroxylation is 1. The fourth-order valence-corrected chi connectivity index (χ4v) is 1.64. The number of hydrogen-bond acceptors (Lipinski definition) is 2. The maximum absolute atomic E-state index is 11.9. The first kappa shape index (κ1) is 13.5. The molecular formula is C12H15ClN2O2. The summed E-state index contributed by atoms with van der Waals surface area (Å²) in [6.07, 6.45) is 0. The fourth-order valence-electron chi connectivity index (χ4n) is 1.52. The van der Waals surface area contributed by atoms with Gasteiger partial charge in [0.25, 0.3) is 0 Å². The SMILES string of the molecule is Cc1ccccc1N(CC(N)=O)C(=O)C(C)Cl. The zero-order valence-electron chi connectivity index (χ0n) is 9.81. The molecule has 0 heterocycles. The second kappa shape index (κ2) is 5.68. The molecule has 2 amide bonds. The summed E-state index contributed by atoms with van der Waals surface area (Å²) in [6, 6.07) is 7.27. The molecule has 0 saturated heterocycles. The van der Waals surface area contributed by atoms with Crippen molar-refractivity contribution in [1.29, 1.82) is 0 Å². The van der Waals surface area contributed by atoms with Crippen LogP contribution in [0.3, 0.4) is 0 Å². The summed E-state index contributed by atoms with van der Waals surface area (Å²) in [7, 11) is 0. The molecule has 0 aliphatic heterocycles. The number of hydrogen-bond donors (Lipinski definition) is 1. The molecule has 0 aliphatic rings. The third-order valence-electron chi connectivity index (χ3n) is 2.33. The Morgan fingerprint density at radius 3 is 2.47 bits per heavy atom. The van der Waals surface area contributed by atoms with Crippen LogP contribution in [-0.4, -0.2) is 23.7 Å². The Hall–Kier alpha value is -1.55. The minimum absolute atomic E-state index is 0.166. The number of carbonyl (C=O) groups excluding carboxylic acids is 2. The average molecular weight is 255 g/mol. The summed E-state index contributed by atoms with van der Waals surface area (Å²) in [5.41, 5.74) is 6.69. The summed E-state index contributed by atoms with van der Waals surface area (Å²) in [5, 5.41) is -0.700. The van der Waals surface area contributed by atoms with Crippen molar-refractivity contribution >= 4 is 29.1 Å². The van der Waals surface area contributed by atoms with Gasteiger partial charge in [-0.1, -0.05) is 18.2 Å². The Bertz CT molecular complexity index is 432. The van der Waals surface area contributed by atoms with E-state index in [-0.39, 0.29) is 12.5 Å². The van der Waals surface area contributed by atoms with Crippen LogP contribution in [0.15, 0.2) is 24.3 Å². The first-order chi connectivity index (χ1) is 7.93. The van der Waals surface area contributed by atoms with Gasteiger partial charge >= 0.3 is 0 Å². The van der Waals surface area contributed by atoms with E-state index in [0.29, 0.717) is 5.69 Å². The molecule has 4 nitrogen and oxygen atoms in total. The lowest BCUT2D eigenvalue weighted by molar-refractivity contribution is -0.122. The monoisotopic (exact) mass is 254 g/mol. The molecule has 0 radical (unpaired) electrons. The second-order valence-corrected chi connectivity index (χ2v) is 4.45. The van der Waals surface area contributed by atoms with Crippen molar-refractivity contribution in [1.82, 2.24) is 0 Å². The molecule has 1 unspecified atom stereocenters. The summed E-state index contributed by atoms with van der Waals surface area (Å²) < 4.78 is 0. The van der Waals surface area contributed by atoms with Crippen LogP contribution >= 0.6 is 11.6 Å². The minimum atomic E-state index is -0.700. The normalized spacial score (nSPS) is 11.9. The minimum Gasteiger partial charge on any atom is -0.368 e. The Kier molecular flexibility index (Phi) is 4.52. The highest BCUT2D eigenvalue weighted by Gasteiger charge is 2.22. The molecule has 1 rings (SSSR count). The van der Waals surface area contributed by atoms with Crippen molar-refractivity contribution in [3.8, 4) is 0 Å². The van der Waals surface area contributed by atoms with Crippen LogP contribution in [-0.2, 0) is 9.59 Å². The quantitative estimate of drug-likeness (QED) is 0.827. The molecule has 2 N–H and O–H groups in total. The van der Waals surface area contributed by atoms with Crippen LogP contribution in [0.25, 0.3) is 0 Å². The first-order valence-corrected chi connectivity index (χ1v) is 5.66. The van der Waals surface area contributed by atoms with E-state index in [9.17, 15) is 9.59 Å². The number of primary amides is 1. The number of alkyl halides is 1. The molecule has 1 aromatic rings. The molecule has 5 heteroatoms. The number of nitrogens with zero attached hydrogens (tertiary/aromatic N) is 1. The summed E-state index contributed by atoms with van der Waals surface area (Å²) in [5.74, 6) is -0.904. The smallest absolute Gasteiger partial charge is 0.245 e. The van der Waals surface area contributed by atoms with Crippen molar-refractivity contribution in [2.45, 2.75) is 19.2 Å². The lowest BCUT2D eigenvalue weighted by Crippen LogP contribution is -2.42. The largest absolute Gasteiger partial charge is 0.368 e. The van der Waals surface area contributed by atoms with Gasteiger partial charge in [0, 0.05) is 5.69 Å². The van der Waals surface area contributed by atoms with Crippen LogP contribution in [0, 0.1) is 6.92 Å². The predicted octanol–water partition coefficient (Wildman–Crippen LogP) is 1.44. The Labute approximate surface area is 105 Å². The topological polar surface area (TPSA) is 63.4 Å². The summed E-state index contributed by atoms with van der Waals surface area (Å²) in [4.78, 5) is 24.2. The van der Waals surface area contributed by atoms with Gasteiger partial charge in [0.15, 0.2) is 0 Å². The highest BCUT2D eigenvalue weighted by Crippen LogP contribution is 2.20. The molecular weight excluding hydrogens is 240 g/mol. The number of para-hydroxylation sites is 1. The molecule has 0 spiro atoms. The van der Waals surface area contributed by atoms with Crippen LogP contribution in [0.2, 0.25) is 0 Å². The molecule has 1 aromatic carbocycles. The zero-order chi connectivity index (χ0) is 13.0. The molecule has 0 aromatic heterocycles. The lowest BCUT2D eigenvalue weighted by atomic mass is 10.1. The number of amides is 2. The van der Waals surface area contributed by atoms with E-state index in [1.807, 2.05) is 19.1 Å². The number of halogens is 1. The lowest BCUT2D eigenvalue weighted by Gasteiger charge is -2.24. The van der Waals surface area contributed by atoms with E-state index in [4.69, 9.17) is 17.3 Å². The van der Waals surface area contributed by atoms with Crippen molar-refractivity contribution < 1.29 is 9.59 Å². The van der Waals surface area contributed by atoms with Gasteiger partial charge < -0.3 is 10.6 Å². The van der Waals surface area contributed by atoms with E-state index in [1.165, 1.54) is 4.90 Å². The molecule has 0 saturated carbocycles. The van der Waals surface area contributed by atoms with Crippen molar-refractivity contribution in [2.75, 3.05) is 11.4 Å². The number of benzene rings is 1. The standard InChI is InChI=1S/C12H15ClN2O2/c1-8-5-3-4-6-10(8)15(7-11(14)16)12(17)9(2)13/h3-6,9H,7H2,1-2H3,(H2,14,16). The third kappa shape index (κ3) is 3.46. The van der Waals surface area contributed by atoms with Gasteiger partial charge in [-0.3, -0.25) is 9.59 Å². The Morgan fingerprint density at radius 1 is 1.41 bits per heavy atom. The predicted molar refractivity (Wildman–Crippen MR) is 68.0 cm³/mol. The molecule has 1 atom stereocenters. The van der Waals surface area contributed by atoms with Crippen molar-refractivity contribution in [3.05, 3.63) is 29.8 Å². The molecule has 92 valence electrons. The van der Waals surface area contributed by atoms with Gasteiger partial charge in [0.05, 0.1) is 0 Å². The van der Waals surface area contributed by atoms with E-state index in [1.54, 1.807) is 19.1 Å². The van der Waals surface area contributed by atoms with Gasteiger partial charge in [-0.15, -0.1) is 11.6 Å². The van der Waals surface area contributed by atoms with Crippen LogP contribution in [0.1, 0.15) is 12.5 Å². The average Bonchev–Trinajstić information content (AvgIpc) is 2.25. The fraction of sp³-hybridized carbons (Fsp3) is 0.333. The van der Waals surface area contributed by atoms with Gasteiger partial charge in [-0.05, 0) is 25.5 Å². The number of anilines is 1. The third-order valence-corrected chi connectivity index (χ3v) is 2.51. The summed E-state index contributed by atoms with van der Waals surface area (Å²) >= 11 is 5.77. The number of carbonyl (C=O) groups is 2. The number of nitrogens with two attached hydrogens (primary N) is 1. The summed E-state index contributed by atoms with van der Waals surface area (Å²) in [6.45, 7) is 3.26. The van der Waals surface area contributed by atoms with Crippen molar-refractivity contribution in [2.24, 2.45) is 5.73 Å². The van der Waals surface area contributed by atoms with Crippen LogP contribution < -0.4 is 10.6 Å². The maximum atomic E-state index is 11.9. The van der Waals surface area contributed by atoms with Crippen molar-refractivity contribution in [3.63, 3.8) is 0 Å². The van der Waals surface area contributed by atoms with E-state index in [0.717, 1.165) is 5.56 Å². The van der Waals surface area contributed by atoms with Crippen LogP contribution in [0.5, 0.6) is 0 Å². The zero-order valence-corrected chi connectivity index (χ0v) is 10.6. The first-order valence-electron chi connectivity index (χ1n) is 5.23. The Balaban J connectivity index is 3.11. The molecule has 17 heavy (non-hydrogen) atoms. The second-order valence-electron chi connectivity index (χ2n) is 3.79. The van der Waals surface area contributed by atoms with E-state index >= 15 is 0 Å². The van der Waals surface area contributed by atoms with Gasteiger partial charge in [0.1, 0.15) is 11.9 Å². The van der Waals surface area contributed by atoms with Gasteiger partial charge in [-0.2, -0.15) is 0 Å². The van der Waals surface area contributed by atoms with Crippen LogP contribution in [0.4, 0.5) is 5.69 Å². The molecule has 0 bridgehead atoms. The highest BCUT2D eigenvalue weighted by molar-refractivity contribution is 6.32. The Morgan fingerprint density at radius 2 is 2.00 bits per heavy atom. The van der Waals surface area contributed by atoms with E-state index in [2.05, 4.69) is 0 Å².